The highest BCUT2D eigenvalue weighted by molar-refractivity contribution is 5.80. The van der Waals surface area contributed by atoms with Crippen LogP contribution in [-0.4, -0.2) is 46.4 Å². The summed E-state index contributed by atoms with van der Waals surface area (Å²) in [5.74, 6) is -4.44. The van der Waals surface area contributed by atoms with Gasteiger partial charge < -0.3 is 10.2 Å². The number of likely N-dealkylation sites (N-methyl/N-ethyl adjacent to an activating group) is 1. The Labute approximate surface area is 159 Å². The van der Waals surface area contributed by atoms with E-state index in [9.17, 15) is 18.0 Å². The average Bonchev–Trinajstić information content (AvgIpc) is 2.70. The maximum Gasteiger partial charge on any atom is 0.241 e. The first-order valence-corrected chi connectivity index (χ1v) is 8.24. The van der Waals surface area contributed by atoms with Crippen molar-refractivity contribution >= 4 is 11.7 Å². The summed E-state index contributed by atoms with van der Waals surface area (Å²) in [7, 11) is 3.21. The summed E-state index contributed by atoms with van der Waals surface area (Å²) in [6.45, 7) is -0.0593. The van der Waals surface area contributed by atoms with Gasteiger partial charge in [0.05, 0.1) is 17.8 Å². The SMILES string of the molecule is CN(C)C(=O)CNc1cc(-c2cccnc2)nc(-c2ccc(F)c(F)c2F)n1. The number of aromatic nitrogens is 3. The minimum atomic E-state index is -1.61. The Bertz CT molecular complexity index is 1010. The molecule has 0 aliphatic carbocycles. The van der Waals surface area contributed by atoms with Crippen LogP contribution in [-0.2, 0) is 4.79 Å². The molecule has 28 heavy (non-hydrogen) atoms. The third-order valence-corrected chi connectivity index (χ3v) is 3.88. The van der Waals surface area contributed by atoms with Gasteiger partial charge in [-0.05, 0) is 24.3 Å². The van der Waals surface area contributed by atoms with Crippen LogP contribution in [0, 0.1) is 17.5 Å². The van der Waals surface area contributed by atoms with Crippen molar-refractivity contribution in [1.82, 2.24) is 19.9 Å². The van der Waals surface area contributed by atoms with E-state index in [-0.39, 0.29) is 29.7 Å². The summed E-state index contributed by atoms with van der Waals surface area (Å²) in [6.07, 6.45) is 3.12. The maximum absolute atomic E-state index is 14.2. The van der Waals surface area contributed by atoms with Gasteiger partial charge in [0.25, 0.3) is 0 Å². The quantitative estimate of drug-likeness (QED) is 0.681. The molecule has 3 rings (SSSR count). The van der Waals surface area contributed by atoms with E-state index in [2.05, 4.69) is 20.3 Å². The third kappa shape index (κ3) is 4.08. The van der Waals surface area contributed by atoms with Gasteiger partial charge in [-0.3, -0.25) is 9.78 Å². The summed E-state index contributed by atoms with van der Waals surface area (Å²) in [4.78, 5) is 25.6. The van der Waals surface area contributed by atoms with E-state index in [0.717, 1.165) is 12.1 Å². The normalized spacial score (nSPS) is 10.6. The molecule has 6 nitrogen and oxygen atoms in total. The van der Waals surface area contributed by atoms with Crippen LogP contribution in [0.15, 0.2) is 42.7 Å². The summed E-state index contributed by atoms with van der Waals surface area (Å²) < 4.78 is 41.2. The number of hydrogen-bond acceptors (Lipinski definition) is 5. The van der Waals surface area contributed by atoms with Crippen LogP contribution in [0.4, 0.5) is 19.0 Å². The molecule has 0 radical (unpaired) electrons. The number of halogens is 3. The number of carbonyl (C=O) groups excluding carboxylic acids is 1. The first-order valence-electron chi connectivity index (χ1n) is 8.24. The van der Waals surface area contributed by atoms with Crippen molar-refractivity contribution in [3.8, 4) is 22.6 Å². The van der Waals surface area contributed by atoms with Crippen molar-refractivity contribution in [2.24, 2.45) is 0 Å². The Hall–Kier alpha value is -3.49. The van der Waals surface area contributed by atoms with Gasteiger partial charge in [0.2, 0.25) is 5.91 Å². The van der Waals surface area contributed by atoms with Crippen LogP contribution in [0.5, 0.6) is 0 Å². The monoisotopic (exact) mass is 387 g/mol. The molecule has 0 fully saturated rings. The van der Waals surface area contributed by atoms with E-state index in [1.165, 1.54) is 4.90 Å². The summed E-state index contributed by atoms with van der Waals surface area (Å²) in [5, 5.41) is 2.84. The summed E-state index contributed by atoms with van der Waals surface area (Å²) >= 11 is 0. The van der Waals surface area contributed by atoms with Gasteiger partial charge in [0, 0.05) is 38.1 Å². The highest BCUT2D eigenvalue weighted by atomic mass is 19.2. The van der Waals surface area contributed by atoms with Gasteiger partial charge >= 0.3 is 0 Å². The Morgan fingerprint density at radius 3 is 2.57 bits per heavy atom. The zero-order chi connectivity index (χ0) is 20.3. The van der Waals surface area contributed by atoms with E-state index in [0.29, 0.717) is 11.3 Å². The van der Waals surface area contributed by atoms with Crippen LogP contribution >= 0.6 is 0 Å². The molecule has 0 spiro atoms. The fourth-order valence-electron chi connectivity index (χ4n) is 2.34. The maximum atomic E-state index is 14.2. The van der Waals surface area contributed by atoms with Crippen molar-refractivity contribution < 1.29 is 18.0 Å². The number of nitrogens with one attached hydrogen (secondary N) is 1. The van der Waals surface area contributed by atoms with E-state index < -0.39 is 17.5 Å². The zero-order valence-corrected chi connectivity index (χ0v) is 15.1. The van der Waals surface area contributed by atoms with Gasteiger partial charge in [0.1, 0.15) is 5.82 Å². The van der Waals surface area contributed by atoms with Gasteiger partial charge in [-0.15, -0.1) is 0 Å². The molecule has 0 saturated heterocycles. The van der Waals surface area contributed by atoms with E-state index in [1.54, 1.807) is 44.7 Å². The van der Waals surface area contributed by atoms with Gasteiger partial charge in [-0.25, -0.2) is 23.1 Å². The second kappa shape index (κ2) is 8.03. The lowest BCUT2D eigenvalue weighted by molar-refractivity contribution is -0.126. The standard InChI is InChI=1S/C19H16F3N5O/c1-27(2)16(28)10-24-15-8-14(11-4-3-7-23-9-11)25-19(26-15)12-5-6-13(20)18(22)17(12)21/h3-9H,10H2,1-2H3,(H,24,25,26). The molecule has 0 unspecified atom stereocenters. The van der Waals surface area contributed by atoms with Gasteiger partial charge in [-0.2, -0.15) is 0 Å². The van der Waals surface area contributed by atoms with Crippen molar-refractivity contribution in [1.29, 1.82) is 0 Å². The molecule has 1 N–H and O–H groups in total. The molecule has 2 heterocycles. The Kier molecular flexibility index (Phi) is 5.53. The van der Waals surface area contributed by atoms with Gasteiger partial charge in [0.15, 0.2) is 23.3 Å². The van der Waals surface area contributed by atoms with E-state index >= 15 is 0 Å². The minimum Gasteiger partial charge on any atom is -0.361 e. The van der Waals surface area contributed by atoms with Crippen molar-refractivity contribution in [3.63, 3.8) is 0 Å². The number of amides is 1. The summed E-state index contributed by atoms with van der Waals surface area (Å²) in [5.41, 5.74) is 0.685. The first-order chi connectivity index (χ1) is 13.4. The van der Waals surface area contributed by atoms with Crippen molar-refractivity contribution in [3.05, 3.63) is 60.2 Å². The molecule has 0 bridgehead atoms. The molecule has 9 heteroatoms. The second-order valence-electron chi connectivity index (χ2n) is 6.07. The highest BCUT2D eigenvalue weighted by Gasteiger charge is 2.18. The molecule has 144 valence electrons. The van der Waals surface area contributed by atoms with Gasteiger partial charge in [-0.1, -0.05) is 0 Å². The molecule has 0 aliphatic rings. The molecule has 1 amide bonds. The van der Waals surface area contributed by atoms with Crippen LogP contribution in [0.25, 0.3) is 22.6 Å². The van der Waals surface area contributed by atoms with Crippen molar-refractivity contribution in [2.75, 3.05) is 26.0 Å². The van der Waals surface area contributed by atoms with Crippen LogP contribution in [0.2, 0.25) is 0 Å². The predicted octanol–water partition coefficient (Wildman–Crippen LogP) is 3.12. The number of benzene rings is 1. The number of carbonyl (C=O) groups is 1. The molecule has 0 saturated carbocycles. The lowest BCUT2D eigenvalue weighted by atomic mass is 10.1. The zero-order valence-electron chi connectivity index (χ0n) is 15.1. The van der Waals surface area contributed by atoms with Crippen molar-refractivity contribution in [2.45, 2.75) is 0 Å². The Balaban J connectivity index is 2.08. The van der Waals surface area contributed by atoms with E-state index in [4.69, 9.17) is 0 Å². The largest absolute Gasteiger partial charge is 0.361 e. The second-order valence-corrected chi connectivity index (χ2v) is 6.07. The number of anilines is 1. The lowest BCUT2D eigenvalue weighted by Gasteiger charge is -2.13. The molecular weight excluding hydrogens is 371 g/mol. The number of pyridine rings is 1. The van der Waals surface area contributed by atoms with E-state index in [1.807, 2.05) is 0 Å². The number of rotatable bonds is 5. The van der Waals surface area contributed by atoms with Crippen LogP contribution in [0.1, 0.15) is 0 Å². The first kappa shape index (κ1) is 19.3. The Morgan fingerprint density at radius 2 is 1.89 bits per heavy atom. The fourth-order valence-corrected chi connectivity index (χ4v) is 2.34. The highest BCUT2D eigenvalue weighted by Crippen LogP contribution is 2.27. The van der Waals surface area contributed by atoms with Crippen LogP contribution < -0.4 is 5.32 Å². The molecule has 0 aliphatic heterocycles. The smallest absolute Gasteiger partial charge is 0.241 e. The molecule has 2 aromatic heterocycles. The van der Waals surface area contributed by atoms with Crippen LogP contribution in [0.3, 0.4) is 0 Å². The fraction of sp³-hybridized carbons (Fsp3) is 0.158. The minimum absolute atomic E-state index is 0.0593. The number of hydrogen-bond donors (Lipinski definition) is 1. The predicted molar refractivity (Wildman–Crippen MR) is 97.8 cm³/mol. The molecular formula is C19H16F3N5O. The summed E-state index contributed by atoms with van der Waals surface area (Å²) in [6, 6.07) is 6.84. The number of nitrogens with zero attached hydrogens (tertiary/aromatic N) is 4. The lowest BCUT2D eigenvalue weighted by Crippen LogP contribution is -2.28. The molecule has 0 atom stereocenters. The topological polar surface area (TPSA) is 71.0 Å². The third-order valence-electron chi connectivity index (χ3n) is 3.88. The molecule has 3 aromatic rings. The Morgan fingerprint density at radius 1 is 1.11 bits per heavy atom. The molecule has 1 aromatic carbocycles. The average molecular weight is 387 g/mol.